The summed E-state index contributed by atoms with van der Waals surface area (Å²) in [6, 6.07) is 10.4. The summed E-state index contributed by atoms with van der Waals surface area (Å²) in [5.74, 6) is 0.605. The number of methoxy groups -OCH3 is 2. The first-order valence-electron chi connectivity index (χ1n) is 7.62. The van der Waals surface area contributed by atoms with E-state index in [4.69, 9.17) is 14.2 Å². The number of carbonyl (C=O) groups is 2. The van der Waals surface area contributed by atoms with E-state index in [0.29, 0.717) is 22.7 Å². The van der Waals surface area contributed by atoms with Crippen LogP contribution in [-0.4, -0.2) is 26.1 Å². The van der Waals surface area contributed by atoms with E-state index in [0.717, 1.165) is 11.1 Å². The first-order chi connectivity index (χ1) is 12.1. The number of cyclic esters (lactones) is 1. The largest absolute Gasteiger partial charge is 0.493 e. The smallest absolute Gasteiger partial charge is 0.338 e. The van der Waals surface area contributed by atoms with E-state index in [-0.39, 0.29) is 18.5 Å². The number of carbonyl (C=O) groups excluding carboxylic acids is 2. The van der Waals surface area contributed by atoms with Gasteiger partial charge in [0.05, 0.1) is 19.8 Å². The summed E-state index contributed by atoms with van der Waals surface area (Å²) in [6.45, 7) is 0.235. The van der Waals surface area contributed by atoms with Crippen molar-refractivity contribution in [2.75, 3.05) is 19.5 Å². The van der Waals surface area contributed by atoms with Crippen molar-refractivity contribution in [2.45, 2.75) is 6.61 Å². The van der Waals surface area contributed by atoms with Crippen LogP contribution in [0.3, 0.4) is 0 Å². The summed E-state index contributed by atoms with van der Waals surface area (Å²) in [5, 5.41) is 2.76. The van der Waals surface area contributed by atoms with Gasteiger partial charge >= 0.3 is 5.97 Å². The Kier molecular flexibility index (Phi) is 4.70. The van der Waals surface area contributed by atoms with Crippen LogP contribution in [0.4, 0.5) is 5.69 Å². The van der Waals surface area contributed by atoms with Crippen molar-refractivity contribution in [3.05, 3.63) is 59.2 Å². The van der Waals surface area contributed by atoms with Gasteiger partial charge in [-0.2, -0.15) is 0 Å². The highest BCUT2D eigenvalue weighted by atomic mass is 16.5. The van der Waals surface area contributed by atoms with Gasteiger partial charge in [-0.05, 0) is 42.0 Å². The lowest BCUT2D eigenvalue weighted by Gasteiger charge is -2.07. The van der Waals surface area contributed by atoms with Crippen molar-refractivity contribution in [3.8, 4) is 11.5 Å². The van der Waals surface area contributed by atoms with E-state index < -0.39 is 0 Å². The molecule has 0 fully saturated rings. The van der Waals surface area contributed by atoms with Crippen LogP contribution in [-0.2, 0) is 16.1 Å². The standard InChI is InChI=1S/C19H17NO5/c1-23-16-7-3-12(9-17(16)24-2)4-8-18(21)20-14-5-6-15-13(10-14)11-25-19(15)22/h3-10H,11H2,1-2H3,(H,20,21)/b8-4+. The average Bonchev–Trinajstić information content (AvgIpc) is 3.00. The van der Waals surface area contributed by atoms with E-state index in [1.54, 1.807) is 50.6 Å². The van der Waals surface area contributed by atoms with Crippen molar-refractivity contribution in [2.24, 2.45) is 0 Å². The second kappa shape index (κ2) is 7.09. The first-order valence-corrected chi connectivity index (χ1v) is 7.62. The number of anilines is 1. The monoisotopic (exact) mass is 339 g/mol. The molecule has 0 aliphatic carbocycles. The van der Waals surface area contributed by atoms with E-state index >= 15 is 0 Å². The summed E-state index contributed by atoms with van der Waals surface area (Å²) in [4.78, 5) is 23.5. The summed E-state index contributed by atoms with van der Waals surface area (Å²) in [7, 11) is 3.12. The second-order valence-electron chi connectivity index (χ2n) is 5.39. The Hall–Kier alpha value is -3.28. The van der Waals surface area contributed by atoms with E-state index in [9.17, 15) is 9.59 Å². The minimum absolute atomic E-state index is 0.235. The molecule has 0 saturated heterocycles. The molecule has 0 spiro atoms. The first kappa shape index (κ1) is 16.6. The number of benzene rings is 2. The van der Waals surface area contributed by atoms with Gasteiger partial charge < -0.3 is 19.5 Å². The molecule has 1 N–H and O–H groups in total. The Labute approximate surface area is 145 Å². The lowest BCUT2D eigenvalue weighted by molar-refractivity contribution is -0.111. The lowest BCUT2D eigenvalue weighted by atomic mass is 10.1. The van der Waals surface area contributed by atoms with Crippen LogP contribution in [0.15, 0.2) is 42.5 Å². The minimum atomic E-state index is -0.332. The Morgan fingerprint density at radius 1 is 1.12 bits per heavy atom. The zero-order valence-corrected chi connectivity index (χ0v) is 13.9. The molecule has 6 nitrogen and oxygen atoms in total. The molecular formula is C19H17NO5. The van der Waals surface area contributed by atoms with Crippen LogP contribution in [0.5, 0.6) is 11.5 Å². The van der Waals surface area contributed by atoms with Gasteiger partial charge in [-0.15, -0.1) is 0 Å². The fourth-order valence-corrected chi connectivity index (χ4v) is 2.52. The van der Waals surface area contributed by atoms with Crippen molar-refractivity contribution in [1.29, 1.82) is 0 Å². The fourth-order valence-electron chi connectivity index (χ4n) is 2.52. The molecule has 1 aliphatic heterocycles. The molecular weight excluding hydrogens is 322 g/mol. The quantitative estimate of drug-likeness (QED) is 0.669. The van der Waals surface area contributed by atoms with Crippen LogP contribution in [0, 0.1) is 0 Å². The third kappa shape index (κ3) is 3.63. The number of fused-ring (bicyclic) bond motifs is 1. The summed E-state index contributed by atoms with van der Waals surface area (Å²) in [5.41, 5.74) is 2.73. The molecule has 0 bridgehead atoms. The molecule has 1 heterocycles. The molecule has 2 aromatic rings. The number of rotatable bonds is 5. The maximum absolute atomic E-state index is 12.1. The van der Waals surface area contributed by atoms with Gasteiger partial charge in [0.25, 0.3) is 0 Å². The van der Waals surface area contributed by atoms with Crippen molar-refractivity contribution in [1.82, 2.24) is 0 Å². The highest BCUT2D eigenvalue weighted by molar-refractivity contribution is 6.02. The Morgan fingerprint density at radius 3 is 2.68 bits per heavy atom. The molecule has 0 unspecified atom stereocenters. The van der Waals surface area contributed by atoms with Crippen LogP contribution in [0.25, 0.3) is 6.08 Å². The molecule has 25 heavy (non-hydrogen) atoms. The van der Waals surface area contributed by atoms with Gasteiger partial charge in [-0.1, -0.05) is 6.07 Å². The van der Waals surface area contributed by atoms with Crippen molar-refractivity contribution >= 4 is 23.6 Å². The third-order valence-corrected chi connectivity index (χ3v) is 3.79. The molecule has 6 heteroatoms. The molecule has 0 radical (unpaired) electrons. The van der Waals surface area contributed by atoms with Gasteiger partial charge in [0, 0.05) is 17.3 Å². The molecule has 128 valence electrons. The highest BCUT2D eigenvalue weighted by Gasteiger charge is 2.20. The van der Waals surface area contributed by atoms with E-state index in [1.165, 1.54) is 6.08 Å². The van der Waals surface area contributed by atoms with Gasteiger partial charge in [-0.25, -0.2) is 4.79 Å². The third-order valence-electron chi connectivity index (χ3n) is 3.79. The fraction of sp³-hybridized carbons (Fsp3) is 0.158. The number of amides is 1. The van der Waals surface area contributed by atoms with E-state index in [1.807, 2.05) is 6.07 Å². The minimum Gasteiger partial charge on any atom is -0.493 e. The Balaban J connectivity index is 1.68. The SMILES string of the molecule is COc1ccc(/C=C/C(=O)Nc2ccc3c(c2)COC3=O)cc1OC. The number of hydrogen-bond donors (Lipinski definition) is 1. The Morgan fingerprint density at radius 2 is 1.92 bits per heavy atom. The van der Waals surface area contributed by atoms with Crippen molar-refractivity contribution < 1.29 is 23.8 Å². The number of esters is 1. The normalized spacial score (nSPS) is 12.6. The maximum Gasteiger partial charge on any atom is 0.338 e. The summed E-state index contributed by atoms with van der Waals surface area (Å²) >= 11 is 0. The molecule has 1 amide bonds. The topological polar surface area (TPSA) is 73.9 Å². The zero-order valence-electron chi connectivity index (χ0n) is 13.9. The average molecular weight is 339 g/mol. The molecule has 1 aliphatic rings. The van der Waals surface area contributed by atoms with Gasteiger partial charge in [-0.3, -0.25) is 4.79 Å². The van der Waals surface area contributed by atoms with Gasteiger partial charge in [0.15, 0.2) is 11.5 Å². The summed E-state index contributed by atoms with van der Waals surface area (Å²) < 4.78 is 15.4. The van der Waals surface area contributed by atoms with Gasteiger partial charge in [0.2, 0.25) is 5.91 Å². The highest BCUT2D eigenvalue weighted by Crippen LogP contribution is 2.28. The zero-order chi connectivity index (χ0) is 17.8. The molecule has 0 aromatic heterocycles. The van der Waals surface area contributed by atoms with Crippen LogP contribution in [0.1, 0.15) is 21.5 Å². The molecule has 2 aromatic carbocycles. The maximum atomic E-state index is 12.1. The van der Waals surface area contributed by atoms with Gasteiger partial charge in [0.1, 0.15) is 6.61 Å². The molecule has 3 rings (SSSR count). The molecule has 0 atom stereocenters. The second-order valence-corrected chi connectivity index (χ2v) is 5.39. The summed E-state index contributed by atoms with van der Waals surface area (Å²) in [6.07, 6.45) is 3.10. The number of hydrogen-bond acceptors (Lipinski definition) is 5. The predicted octanol–water partition coefficient (Wildman–Crippen LogP) is 3.03. The Bertz CT molecular complexity index is 857. The van der Waals surface area contributed by atoms with Crippen LogP contribution < -0.4 is 14.8 Å². The van der Waals surface area contributed by atoms with Crippen LogP contribution in [0.2, 0.25) is 0 Å². The van der Waals surface area contributed by atoms with Crippen molar-refractivity contribution in [3.63, 3.8) is 0 Å². The predicted molar refractivity (Wildman–Crippen MR) is 92.8 cm³/mol. The lowest BCUT2D eigenvalue weighted by Crippen LogP contribution is -2.08. The van der Waals surface area contributed by atoms with E-state index in [2.05, 4.69) is 5.32 Å². The molecule has 0 saturated carbocycles. The number of ether oxygens (including phenoxy) is 3. The van der Waals surface area contributed by atoms with Crippen LogP contribution >= 0.6 is 0 Å². The number of nitrogens with one attached hydrogen (secondary N) is 1.